The number of aryl methyl sites for hydroxylation is 1. The van der Waals surface area contributed by atoms with Gasteiger partial charge in [-0.15, -0.1) is 0 Å². The standard InChI is InChI=1S/C18H16F5N5O/c1-27-16-10(8-24-17(25-16)28-5-3-2-4-6-28)14(26-27)9-7-11(18(21,22)23)13(20)15(29)12(9)19/h7-8,29H,2-6H2,1H3. The molecule has 0 saturated carbocycles. The number of phenolic OH excluding ortho intramolecular Hbond substituents is 1. The lowest BCUT2D eigenvalue weighted by Crippen LogP contribution is -2.30. The zero-order valence-corrected chi connectivity index (χ0v) is 15.3. The molecule has 2 aromatic heterocycles. The van der Waals surface area contributed by atoms with E-state index in [9.17, 15) is 27.1 Å². The van der Waals surface area contributed by atoms with E-state index in [1.54, 1.807) is 0 Å². The van der Waals surface area contributed by atoms with Crippen LogP contribution in [0.3, 0.4) is 0 Å². The summed E-state index contributed by atoms with van der Waals surface area (Å²) in [5.41, 5.74) is -2.40. The van der Waals surface area contributed by atoms with Crippen molar-refractivity contribution in [2.24, 2.45) is 7.05 Å². The van der Waals surface area contributed by atoms with Crippen LogP contribution in [0.15, 0.2) is 12.3 Å². The second-order valence-corrected chi connectivity index (χ2v) is 6.87. The van der Waals surface area contributed by atoms with E-state index in [1.807, 2.05) is 4.90 Å². The summed E-state index contributed by atoms with van der Waals surface area (Å²) in [4.78, 5) is 10.7. The van der Waals surface area contributed by atoms with Crippen LogP contribution in [0.25, 0.3) is 22.3 Å². The first kappa shape index (κ1) is 19.3. The molecule has 0 aliphatic carbocycles. The Kier molecular flexibility index (Phi) is 4.55. The predicted octanol–water partition coefficient (Wildman–Crippen LogP) is 4.02. The van der Waals surface area contributed by atoms with Crippen molar-refractivity contribution in [3.05, 3.63) is 29.5 Å². The second-order valence-electron chi connectivity index (χ2n) is 6.87. The van der Waals surface area contributed by atoms with Gasteiger partial charge in [0, 0.05) is 31.9 Å². The highest BCUT2D eigenvalue weighted by molar-refractivity contribution is 5.91. The third-order valence-corrected chi connectivity index (χ3v) is 4.94. The third-order valence-electron chi connectivity index (χ3n) is 4.94. The molecule has 3 heterocycles. The number of piperidine rings is 1. The molecule has 4 rings (SSSR count). The molecular formula is C18H16F5N5O. The monoisotopic (exact) mass is 413 g/mol. The van der Waals surface area contributed by atoms with Crippen LogP contribution in [-0.4, -0.2) is 37.9 Å². The lowest BCUT2D eigenvalue weighted by molar-refractivity contribution is -0.140. The van der Waals surface area contributed by atoms with Crippen LogP contribution in [0, 0.1) is 11.6 Å². The predicted molar refractivity (Wildman–Crippen MR) is 94.4 cm³/mol. The van der Waals surface area contributed by atoms with Crippen LogP contribution in [0.1, 0.15) is 24.8 Å². The minimum absolute atomic E-state index is 0.186. The van der Waals surface area contributed by atoms with Crippen molar-refractivity contribution < 1.29 is 27.1 Å². The SMILES string of the molecule is Cn1nc(-c2cc(C(F)(F)F)c(F)c(O)c2F)c2cnc(N3CCCCC3)nc21. The van der Waals surface area contributed by atoms with Gasteiger partial charge in [0.1, 0.15) is 5.69 Å². The number of alkyl halides is 3. The average Bonchev–Trinajstić information content (AvgIpc) is 3.02. The summed E-state index contributed by atoms with van der Waals surface area (Å²) in [5.74, 6) is -4.86. The van der Waals surface area contributed by atoms with E-state index in [0.29, 0.717) is 12.0 Å². The van der Waals surface area contributed by atoms with Gasteiger partial charge in [-0.2, -0.15) is 23.3 Å². The van der Waals surface area contributed by atoms with Gasteiger partial charge in [-0.3, -0.25) is 0 Å². The van der Waals surface area contributed by atoms with Crippen molar-refractivity contribution in [3.8, 4) is 17.0 Å². The number of hydrogen-bond acceptors (Lipinski definition) is 5. The number of benzene rings is 1. The van der Waals surface area contributed by atoms with Crippen LogP contribution < -0.4 is 4.90 Å². The number of phenols is 1. The summed E-state index contributed by atoms with van der Waals surface area (Å²) in [7, 11) is 1.50. The maximum absolute atomic E-state index is 14.5. The molecule has 1 saturated heterocycles. The zero-order chi connectivity index (χ0) is 20.9. The number of nitrogens with zero attached hydrogens (tertiary/aromatic N) is 5. The number of anilines is 1. The lowest BCUT2D eigenvalue weighted by Gasteiger charge is -2.26. The average molecular weight is 413 g/mol. The Balaban J connectivity index is 1.88. The highest BCUT2D eigenvalue weighted by Gasteiger charge is 2.38. The Bertz CT molecular complexity index is 1090. The van der Waals surface area contributed by atoms with Crippen LogP contribution >= 0.6 is 0 Å². The number of aromatic nitrogens is 4. The molecule has 0 radical (unpaired) electrons. The molecule has 0 spiro atoms. The molecule has 1 N–H and O–H groups in total. The highest BCUT2D eigenvalue weighted by Crippen LogP contribution is 2.41. The summed E-state index contributed by atoms with van der Waals surface area (Å²) >= 11 is 0. The van der Waals surface area contributed by atoms with Crippen molar-refractivity contribution in [2.75, 3.05) is 18.0 Å². The van der Waals surface area contributed by atoms with Gasteiger partial charge in [0.2, 0.25) is 5.95 Å². The Labute approximate surface area is 161 Å². The molecule has 1 aliphatic rings. The Hall–Kier alpha value is -2.98. The molecule has 0 atom stereocenters. The van der Waals surface area contributed by atoms with Crippen molar-refractivity contribution in [2.45, 2.75) is 25.4 Å². The molecule has 1 aromatic carbocycles. The molecule has 1 aliphatic heterocycles. The van der Waals surface area contributed by atoms with Crippen LogP contribution in [-0.2, 0) is 13.2 Å². The summed E-state index contributed by atoms with van der Waals surface area (Å²) in [6.45, 7) is 1.57. The first-order chi connectivity index (χ1) is 13.7. The molecule has 29 heavy (non-hydrogen) atoms. The van der Waals surface area contributed by atoms with E-state index in [-0.39, 0.29) is 16.7 Å². The van der Waals surface area contributed by atoms with Gasteiger partial charge in [0.25, 0.3) is 0 Å². The summed E-state index contributed by atoms with van der Waals surface area (Å²) in [6, 6.07) is 0.296. The molecule has 1 fully saturated rings. The molecule has 6 nitrogen and oxygen atoms in total. The van der Waals surface area contributed by atoms with Crippen molar-refractivity contribution >= 4 is 17.0 Å². The van der Waals surface area contributed by atoms with Crippen LogP contribution in [0.4, 0.5) is 27.9 Å². The van der Waals surface area contributed by atoms with E-state index >= 15 is 0 Å². The molecule has 0 amide bonds. The third kappa shape index (κ3) is 3.23. The van der Waals surface area contributed by atoms with Gasteiger partial charge in [-0.25, -0.2) is 18.4 Å². The molecule has 154 valence electrons. The molecule has 0 unspecified atom stereocenters. The van der Waals surface area contributed by atoms with Crippen LogP contribution in [0.2, 0.25) is 0 Å². The second kappa shape index (κ2) is 6.82. The Morgan fingerprint density at radius 1 is 1.07 bits per heavy atom. The van der Waals surface area contributed by atoms with Gasteiger partial charge < -0.3 is 10.0 Å². The van der Waals surface area contributed by atoms with Gasteiger partial charge in [0.05, 0.1) is 10.9 Å². The number of rotatable bonds is 2. The Morgan fingerprint density at radius 2 is 1.76 bits per heavy atom. The fraction of sp³-hybridized carbons (Fsp3) is 0.389. The number of fused-ring (bicyclic) bond motifs is 1. The lowest BCUT2D eigenvalue weighted by atomic mass is 10.0. The van der Waals surface area contributed by atoms with Gasteiger partial charge in [-0.05, 0) is 25.3 Å². The fourth-order valence-electron chi connectivity index (χ4n) is 3.48. The van der Waals surface area contributed by atoms with Crippen LogP contribution in [0.5, 0.6) is 5.75 Å². The van der Waals surface area contributed by atoms with E-state index in [0.717, 1.165) is 32.4 Å². The van der Waals surface area contributed by atoms with E-state index in [2.05, 4.69) is 15.1 Å². The van der Waals surface area contributed by atoms with E-state index in [1.165, 1.54) is 17.9 Å². The van der Waals surface area contributed by atoms with Crippen molar-refractivity contribution in [1.82, 2.24) is 19.7 Å². The minimum Gasteiger partial charge on any atom is -0.503 e. The molecule has 0 bridgehead atoms. The summed E-state index contributed by atoms with van der Waals surface area (Å²) < 4.78 is 68.8. The first-order valence-corrected chi connectivity index (χ1v) is 8.91. The van der Waals surface area contributed by atoms with E-state index in [4.69, 9.17) is 0 Å². The van der Waals surface area contributed by atoms with Gasteiger partial charge in [-0.1, -0.05) is 0 Å². The number of hydrogen-bond donors (Lipinski definition) is 1. The highest BCUT2D eigenvalue weighted by atomic mass is 19.4. The maximum Gasteiger partial charge on any atom is 0.419 e. The smallest absolute Gasteiger partial charge is 0.419 e. The van der Waals surface area contributed by atoms with E-state index < -0.39 is 34.7 Å². The normalized spacial score (nSPS) is 15.3. The fourth-order valence-corrected chi connectivity index (χ4v) is 3.48. The quantitative estimate of drug-likeness (QED) is 0.643. The summed E-state index contributed by atoms with van der Waals surface area (Å²) in [6.07, 6.45) is -0.658. The van der Waals surface area contributed by atoms with Gasteiger partial charge in [0.15, 0.2) is 23.0 Å². The summed E-state index contributed by atoms with van der Waals surface area (Å²) in [5, 5.41) is 13.8. The number of halogens is 5. The molecular weight excluding hydrogens is 397 g/mol. The zero-order valence-electron chi connectivity index (χ0n) is 15.3. The first-order valence-electron chi connectivity index (χ1n) is 8.91. The van der Waals surface area contributed by atoms with Gasteiger partial charge >= 0.3 is 6.18 Å². The number of aromatic hydroxyl groups is 1. The maximum atomic E-state index is 14.5. The minimum atomic E-state index is -5.12. The Morgan fingerprint density at radius 3 is 2.41 bits per heavy atom. The van der Waals surface area contributed by atoms with Crippen molar-refractivity contribution in [3.63, 3.8) is 0 Å². The van der Waals surface area contributed by atoms with Crippen molar-refractivity contribution in [1.29, 1.82) is 0 Å². The topological polar surface area (TPSA) is 67.1 Å². The molecule has 3 aromatic rings. The largest absolute Gasteiger partial charge is 0.503 e. The molecule has 11 heteroatoms.